The minimum atomic E-state index is -0.322. The normalized spacial score (nSPS) is 11.8. The van der Waals surface area contributed by atoms with Gasteiger partial charge in [-0.1, -0.05) is 12.1 Å². The van der Waals surface area contributed by atoms with Crippen LogP contribution in [0.4, 0.5) is 10.1 Å². The molecule has 1 atom stereocenters. The summed E-state index contributed by atoms with van der Waals surface area (Å²) in [6.07, 6.45) is 0. The molecule has 22 heavy (non-hydrogen) atoms. The van der Waals surface area contributed by atoms with Crippen molar-refractivity contribution in [1.29, 1.82) is 0 Å². The van der Waals surface area contributed by atoms with Crippen molar-refractivity contribution in [2.24, 2.45) is 0 Å². The molecular formula is C17H20FN2O2+. The Bertz CT molecular complexity index is 629. The average Bonchev–Trinajstić information content (AvgIpc) is 2.50. The number of methoxy groups -OCH3 is 1. The summed E-state index contributed by atoms with van der Waals surface area (Å²) >= 11 is 0. The number of carbonyl (C=O) groups is 1. The molecule has 2 rings (SSSR count). The Kier molecular flexibility index (Phi) is 5.49. The van der Waals surface area contributed by atoms with Gasteiger partial charge in [0.05, 0.1) is 14.2 Å². The monoisotopic (exact) mass is 303 g/mol. The number of hydrogen-bond acceptors (Lipinski definition) is 2. The van der Waals surface area contributed by atoms with Gasteiger partial charge >= 0.3 is 0 Å². The Morgan fingerprint density at radius 2 is 1.86 bits per heavy atom. The number of anilines is 1. The Hall–Kier alpha value is -2.40. The number of para-hydroxylation sites is 1. The molecule has 0 aromatic heterocycles. The van der Waals surface area contributed by atoms with Gasteiger partial charge in [-0.2, -0.15) is 0 Å². The van der Waals surface area contributed by atoms with Gasteiger partial charge < -0.3 is 15.0 Å². The van der Waals surface area contributed by atoms with Crippen LogP contribution in [0, 0.1) is 5.82 Å². The molecule has 1 amide bonds. The van der Waals surface area contributed by atoms with E-state index in [0.29, 0.717) is 18.8 Å². The second-order valence-corrected chi connectivity index (χ2v) is 5.18. The molecule has 0 bridgehead atoms. The second-order valence-electron chi connectivity index (χ2n) is 5.18. The van der Waals surface area contributed by atoms with E-state index < -0.39 is 0 Å². The van der Waals surface area contributed by atoms with Crippen LogP contribution in [0.25, 0.3) is 0 Å². The average molecular weight is 303 g/mol. The molecule has 2 N–H and O–H groups in total. The number of hydrogen-bond donors (Lipinski definition) is 2. The predicted octanol–water partition coefficient (Wildman–Crippen LogP) is 1.49. The van der Waals surface area contributed by atoms with Crippen LogP contribution in [-0.4, -0.2) is 26.6 Å². The van der Waals surface area contributed by atoms with Crippen molar-refractivity contribution < 1.29 is 18.8 Å². The van der Waals surface area contributed by atoms with Crippen molar-refractivity contribution in [1.82, 2.24) is 0 Å². The summed E-state index contributed by atoms with van der Waals surface area (Å²) in [6.45, 7) is 0.996. The molecule has 5 heteroatoms. The summed E-state index contributed by atoms with van der Waals surface area (Å²) in [6, 6.07) is 13.5. The van der Waals surface area contributed by atoms with E-state index in [0.717, 1.165) is 16.2 Å². The van der Waals surface area contributed by atoms with Gasteiger partial charge in [0.25, 0.3) is 5.91 Å². The van der Waals surface area contributed by atoms with Gasteiger partial charge in [0, 0.05) is 11.3 Å². The third-order valence-corrected chi connectivity index (χ3v) is 3.28. The van der Waals surface area contributed by atoms with E-state index in [1.165, 1.54) is 12.1 Å². The molecule has 0 spiro atoms. The third-order valence-electron chi connectivity index (χ3n) is 3.28. The Labute approximate surface area is 129 Å². The highest BCUT2D eigenvalue weighted by Crippen LogP contribution is 2.15. The minimum Gasteiger partial charge on any atom is -0.496 e. The molecule has 2 aromatic rings. The maximum atomic E-state index is 12.8. The maximum absolute atomic E-state index is 12.8. The van der Waals surface area contributed by atoms with Crippen LogP contribution in [-0.2, 0) is 11.3 Å². The SMILES string of the molecule is COc1ccccc1C[NH+](C)CC(=O)Nc1ccc(F)cc1. The summed E-state index contributed by atoms with van der Waals surface area (Å²) < 4.78 is 18.1. The highest BCUT2D eigenvalue weighted by Gasteiger charge is 2.13. The lowest BCUT2D eigenvalue weighted by molar-refractivity contribution is -0.885. The molecule has 0 saturated heterocycles. The molecule has 0 heterocycles. The summed E-state index contributed by atoms with van der Waals surface area (Å²) in [5.41, 5.74) is 1.65. The van der Waals surface area contributed by atoms with Crippen LogP contribution in [0.3, 0.4) is 0 Å². The highest BCUT2D eigenvalue weighted by atomic mass is 19.1. The van der Waals surface area contributed by atoms with E-state index >= 15 is 0 Å². The zero-order valence-corrected chi connectivity index (χ0v) is 12.7. The van der Waals surface area contributed by atoms with Crippen LogP contribution in [0.1, 0.15) is 5.56 Å². The summed E-state index contributed by atoms with van der Waals surface area (Å²) in [4.78, 5) is 13.0. The van der Waals surface area contributed by atoms with Gasteiger partial charge in [-0.3, -0.25) is 4.79 Å². The summed E-state index contributed by atoms with van der Waals surface area (Å²) in [5.74, 6) is 0.386. The van der Waals surface area contributed by atoms with E-state index in [1.807, 2.05) is 31.3 Å². The smallest absolute Gasteiger partial charge is 0.279 e. The van der Waals surface area contributed by atoms with Crippen LogP contribution in [0.15, 0.2) is 48.5 Å². The number of likely N-dealkylation sites (N-methyl/N-ethyl adjacent to an activating group) is 1. The van der Waals surface area contributed by atoms with Crippen LogP contribution in [0.5, 0.6) is 5.75 Å². The maximum Gasteiger partial charge on any atom is 0.279 e. The van der Waals surface area contributed by atoms with E-state index in [-0.39, 0.29) is 11.7 Å². The third kappa shape index (κ3) is 4.56. The molecule has 0 aliphatic heterocycles. The molecule has 1 unspecified atom stereocenters. The first-order valence-corrected chi connectivity index (χ1v) is 7.07. The Morgan fingerprint density at radius 1 is 1.18 bits per heavy atom. The fourth-order valence-corrected chi connectivity index (χ4v) is 2.25. The first kappa shape index (κ1) is 16.0. The molecular weight excluding hydrogens is 283 g/mol. The van der Waals surface area contributed by atoms with E-state index in [4.69, 9.17) is 4.74 Å². The second kappa shape index (κ2) is 7.56. The molecule has 0 saturated carbocycles. The quantitative estimate of drug-likeness (QED) is 0.849. The number of rotatable bonds is 6. The molecule has 0 fully saturated rings. The molecule has 4 nitrogen and oxygen atoms in total. The number of carbonyl (C=O) groups excluding carboxylic acids is 1. The van der Waals surface area contributed by atoms with Gasteiger partial charge in [-0.25, -0.2) is 4.39 Å². The van der Waals surface area contributed by atoms with Crippen LogP contribution >= 0.6 is 0 Å². The number of amides is 1. The van der Waals surface area contributed by atoms with Gasteiger partial charge in [-0.15, -0.1) is 0 Å². The Morgan fingerprint density at radius 3 is 2.55 bits per heavy atom. The molecule has 2 aromatic carbocycles. The first-order chi connectivity index (χ1) is 10.6. The molecule has 0 aliphatic carbocycles. The number of benzene rings is 2. The van der Waals surface area contributed by atoms with Gasteiger partial charge in [-0.05, 0) is 36.4 Å². The number of nitrogens with one attached hydrogen (secondary N) is 2. The molecule has 116 valence electrons. The number of quaternary nitrogens is 1. The summed E-state index contributed by atoms with van der Waals surface area (Å²) in [7, 11) is 3.58. The van der Waals surface area contributed by atoms with Crippen molar-refractivity contribution in [3.63, 3.8) is 0 Å². The van der Waals surface area contributed by atoms with E-state index in [2.05, 4.69) is 5.32 Å². The van der Waals surface area contributed by atoms with Crippen molar-refractivity contribution in [3.8, 4) is 5.75 Å². The highest BCUT2D eigenvalue weighted by molar-refractivity contribution is 5.91. The van der Waals surface area contributed by atoms with Crippen molar-refractivity contribution in [3.05, 3.63) is 59.9 Å². The fraction of sp³-hybridized carbons (Fsp3) is 0.235. The van der Waals surface area contributed by atoms with Crippen molar-refractivity contribution >= 4 is 11.6 Å². The van der Waals surface area contributed by atoms with Crippen LogP contribution < -0.4 is 15.0 Å². The topological polar surface area (TPSA) is 42.8 Å². The number of halogens is 1. The largest absolute Gasteiger partial charge is 0.496 e. The van der Waals surface area contributed by atoms with E-state index in [9.17, 15) is 9.18 Å². The van der Waals surface area contributed by atoms with Gasteiger partial charge in [0.15, 0.2) is 6.54 Å². The standard InChI is InChI=1S/C17H19FN2O2/c1-20(11-13-5-3-4-6-16(13)22-2)12-17(21)19-15-9-7-14(18)8-10-15/h3-10H,11-12H2,1-2H3,(H,19,21)/p+1. The van der Waals surface area contributed by atoms with Crippen molar-refractivity contribution in [2.45, 2.75) is 6.54 Å². The van der Waals surface area contributed by atoms with Gasteiger partial charge in [0.1, 0.15) is 18.1 Å². The lowest BCUT2D eigenvalue weighted by Gasteiger charge is -2.15. The zero-order chi connectivity index (χ0) is 15.9. The molecule has 0 aliphatic rings. The van der Waals surface area contributed by atoms with Crippen LogP contribution in [0.2, 0.25) is 0 Å². The minimum absolute atomic E-state index is 0.112. The van der Waals surface area contributed by atoms with Gasteiger partial charge in [0.2, 0.25) is 0 Å². The zero-order valence-electron chi connectivity index (χ0n) is 12.7. The lowest BCUT2D eigenvalue weighted by atomic mass is 10.2. The predicted molar refractivity (Wildman–Crippen MR) is 83.5 cm³/mol. The molecule has 0 radical (unpaired) electrons. The fourth-order valence-electron chi connectivity index (χ4n) is 2.25. The number of ether oxygens (including phenoxy) is 1. The first-order valence-electron chi connectivity index (χ1n) is 7.07. The summed E-state index contributed by atoms with van der Waals surface area (Å²) in [5, 5.41) is 2.76. The van der Waals surface area contributed by atoms with E-state index in [1.54, 1.807) is 19.2 Å². The van der Waals surface area contributed by atoms with Crippen molar-refractivity contribution in [2.75, 3.05) is 26.0 Å². The Balaban J connectivity index is 1.89. The lowest BCUT2D eigenvalue weighted by Crippen LogP contribution is -3.08.